The molecule has 0 atom stereocenters. The van der Waals surface area contributed by atoms with Crippen molar-refractivity contribution in [3.05, 3.63) is 12.2 Å². The molecule has 2 N–H and O–H groups in total. The van der Waals surface area contributed by atoms with E-state index in [9.17, 15) is 0 Å². The predicted molar refractivity (Wildman–Crippen MR) is 45.5 cm³/mol. The highest BCUT2D eigenvalue weighted by Gasteiger charge is 2.33. The molecule has 0 aliphatic heterocycles. The maximum Gasteiger partial charge on any atom is 0.138 e. The second-order valence-electron chi connectivity index (χ2n) is 3.69. The Morgan fingerprint density at radius 1 is 1.67 bits per heavy atom. The standard InChI is InChI=1S/C8H14N4/c1-12-7(10-6-11-12)5-8(9)3-2-4-8/h6H,2-5,9H2,1H3. The summed E-state index contributed by atoms with van der Waals surface area (Å²) in [4.78, 5) is 4.15. The molecule has 0 saturated heterocycles. The fourth-order valence-corrected chi connectivity index (χ4v) is 1.60. The molecule has 4 heteroatoms. The summed E-state index contributed by atoms with van der Waals surface area (Å²) in [6.07, 6.45) is 5.95. The van der Waals surface area contributed by atoms with Crippen molar-refractivity contribution in [3.63, 3.8) is 0 Å². The lowest BCUT2D eigenvalue weighted by Crippen LogP contribution is -2.48. The average molecular weight is 166 g/mol. The summed E-state index contributed by atoms with van der Waals surface area (Å²) >= 11 is 0. The van der Waals surface area contributed by atoms with Gasteiger partial charge in [-0.3, -0.25) is 4.68 Å². The minimum atomic E-state index is 0.0147. The molecule has 12 heavy (non-hydrogen) atoms. The first-order valence-electron chi connectivity index (χ1n) is 4.31. The Balaban J connectivity index is 2.08. The molecular weight excluding hydrogens is 152 g/mol. The third-order valence-corrected chi connectivity index (χ3v) is 2.66. The maximum atomic E-state index is 6.08. The Kier molecular flexibility index (Phi) is 1.65. The largest absolute Gasteiger partial charge is 0.325 e. The Morgan fingerprint density at radius 3 is 2.83 bits per heavy atom. The zero-order chi connectivity index (χ0) is 8.60. The lowest BCUT2D eigenvalue weighted by atomic mass is 9.75. The molecule has 66 valence electrons. The van der Waals surface area contributed by atoms with Crippen LogP contribution in [0.15, 0.2) is 6.33 Å². The first kappa shape index (κ1) is 7.73. The van der Waals surface area contributed by atoms with Crippen molar-refractivity contribution in [2.45, 2.75) is 31.2 Å². The van der Waals surface area contributed by atoms with Crippen LogP contribution in [0, 0.1) is 0 Å². The van der Waals surface area contributed by atoms with Crippen molar-refractivity contribution in [1.29, 1.82) is 0 Å². The summed E-state index contributed by atoms with van der Waals surface area (Å²) in [6, 6.07) is 0. The van der Waals surface area contributed by atoms with Gasteiger partial charge in [-0.2, -0.15) is 5.10 Å². The minimum Gasteiger partial charge on any atom is -0.325 e. The highest BCUT2D eigenvalue weighted by Crippen LogP contribution is 2.31. The summed E-state index contributed by atoms with van der Waals surface area (Å²) in [5, 5.41) is 4.01. The smallest absolute Gasteiger partial charge is 0.138 e. The van der Waals surface area contributed by atoms with E-state index in [0.717, 1.165) is 25.1 Å². The van der Waals surface area contributed by atoms with Crippen LogP contribution in [0.1, 0.15) is 25.1 Å². The van der Waals surface area contributed by atoms with Gasteiger partial charge in [-0.05, 0) is 19.3 Å². The molecular formula is C8H14N4. The van der Waals surface area contributed by atoms with E-state index >= 15 is 0 Å². The van der Waals surface area contributed by atoms with Gasteiger partial charge in [0.25, 0.3) is 0 Å². The average Bonchev–Trinajstić information content (AvgIpc) is 2.34. The number of nitrogens with zero attached hydrogens (tertiary/aromatic N) is 3. The maximum absolute atomic E-state index is 6.08. The molecule has 1 fully saturated rings. The van der Waals surface area contributed by atoms with Gasteiger partial charge in [-0.15, -0.1) is 0 Å². The SMILES string of the molecule is Cn1ncnc1CC1(N)CCC1. The van der Waals surface area contributed by atoms with Crippen LogP contribution in [-0.2, 0) is 13.5 Å². The molecule has 0 bridgehead atoms. The van der Waals surface area contributed by atoms with Crippen LogP contribution in [-0.4, -0.2) is 20.3 Å². The summed E-state index contributed by atoms with van der Waals surface area (Å²) in [5.41, 5.74) is 6.10. The highest BCUT2D eigenvalue weighted by atomic mass is 15.3. The van der Waals surface area contributed by atoms with Gasteiger partial charge >= 0.3 is 0 Å². The molecule has 0 unspecified atom stereocenters. The molecule has 4 nitrogen and oxygen atoms in total. The molecule has 0 radical (unpaired) electrons. The molecule has 1 aromatic rings. The van der Waals surface area contributed by atoms with Gasteiger partial charge in [0, 0.05) is 19.0 Å². The molecule has 1 saturated carbocycles. The second kappa shape index (κ2) is 2.55. The van der Waals surface area contributed by atoms with E-state index in [1.807, 2.05) is 7.05 Å². The van der Waals surface area contributed by atoms with Crippen molar-refractivity contribution < 1.29 is 0 Å². The summed E-state index contributed by atoms with van der Waals surface area (Å²) in [7, 11) is 1.91. The molecule has 1 aliphatic carbocycles. The van der Waals surface area contributed by atoms with Crippen LogP contribution in [0.3, 0.4) is 0 Å². The van der Waals surface area contributed by atoms with Crippen molar-refractivity contribution >= 4 is 0 Å². The van der Waals surface area contributed by atoms with Crippen LogP contribution in [0.2, 0.25) is 0 Å². The summed E-state index contributed by atoms with van der Waals surface area (Å²) in [5.74, 6) is 0.997. The quantitative estimate of drug-likeness (QED) is 0.684. The Bertz CT molecular complexity index is 274. The fraction of sp³-hybridized carbons (Fsp3) is 0.750. The Morgan fingerprint density at radius 2 is 2.42 bits per heavy atom. The van der Waals surface area contributed by atoms with Crippen LogP contribution >= 0.6 is 0 Å². The first-order valence-corrected chi connectivity index (χ1v) is 4.31. The lowest BCUT2D eigenvalue weighted by molar-refractivity contribution is 0.241. The van der Waals surface area contributed by atoms with Crippen LogP contribution < -0.4 is 5.73 Å². The van der Waals surface area contributed by atoms with Crippen LogP contribution in [0.4, 0.5) is 0 Å². The van der Waals surface area contributed by atoms with Gasteiger partial charge < -0.3 is 5.73 Å². The second-order valence-corrected chi connectivity index (χ2v) is 3.69. The molecule has 0 amide bonds. The zero-order valence-corrected chi connectivity index (χ0v) is 7.32. The molecule has 0 spiro atoms. The van der Waals surface area contributed by atoms with E-state index in [0.29, 0.717) is 0 Å². The minimum absolute atomic E-state index is 0.0147. The van der Waals surface area contributed by atoms with E-state index in [-0.39, 0.29) is 5.54 Å². The van der Waals surface area contributed by atoms with Crippen molar-refractivity contribution in [2.75, 3.05) is 0 Å². The van der Waals surface area contributed by atoms with Crippen LogP contribution in [0.25, 0.3) is 0 Å². The van der Waals surface area contributed by atoms with E-state index in [1.54, 1.807) is 11.0 Å². The third kappa shape index (κ3) is 1.22. The van der Waals surface area contributed by atoms with Gasteiger partial charge in [-0.1, -0.05) is 0 Å². The van der Waals surface area contributed by atoms with E-state index in [4.69, 9.17) is 5.73 Å². The number of aryl methyl sites for hydroxylation is 1. The third-order valence-electron chi connectivity index (χ3n) is 2.66. The predicted octanol–water partition coefficient (Wildman–Crippen LogP) is 0.239. The van der Waals surface area contributed by atoms with Gasteiger partial charge in [0.2, 0.25) is 0 Å². The number of nitrogens with two attached hydrogens (primary N) is 1. The highest BCUT2D eigenvalue weighted by molar-refractivity contribution is 5.01. The van der Waals surface area contributed by atoms with Gasteiger partial charge in [0.05, 0.1) is 0 Å². The zero-order valence-electron chi connectivity index (χ0n) is 7.32. The first-order chi connectivity index (χ1) is 5.70. The van der Waals surface area contributed by atoms with Crippen LogP contribution in [0.5, 0.6) is 0 Å². The Labute approximate surface area is 71.8 Å². The molecule has 2 rings (SSSR count). The van der Waals surface area contributed by atoms with Crippen molar-refractivity contribution in [3.8, 4) is 0 Å². The number of aromatic nitrogens is 3. The lowest BCUT2D eigenvalue weighted by Gasteiger charge is -2.37. The molecule has 0 aromatic carbocycles. The van der Waals surface area contributed by atoms with E-state index < -0.39 is 0 Å². The monoisotopic (exact) mass is 166 g/mol. The number of hydrogen-bond donors (Lipinski definition) is 1. The number of rotatable bonds is 2. The van der Waals surface area contributed by atoms with Gasteiger partial charge in [-0.25, -0.2) is 4.98 Å². The normalized spacial score (nSPS) is 20.5. The summed E-state index contributed by atoms with van der Waals surface area (Å²) in [6.45, 7) is 0. The molecule has 1 aliphatic rings. The summed E-state index contributed by atoms with van der Waals surface area (Å²) < 4.78 is 1.80. The molecule has 1 aromatic heterocycles. The van der Waals surface area contributed by atoms with Gasteiger partial charge in [0.1, 0.15) is 12.2 Å². The topological polar surface area (TPSA) is 56.7 Å². The van der Waals surface area contributed by atoms with E-state index in [1.165, 1.54) is 6.42 Å². The van der Waals surface area contributed by atoms with Crippen molar-refractivity contribution in [2.24, 2.45) is 12.8 Å². The van der Waals surface area contributed by atoms with E-state index in [2.05, 4.69) is 10.1 Å². The fourth-order valence-electron chi connectivity index (χ4n) is 1.60. The Hall–Kier alpha value is -0.900. The molecule has 1 heterocycles. The van der Waals surface area contributed by atoms with Crippen molar-refractivity contribution in [1.82, 2.24) is 14.8 Å². The van der Waals surface area contributed by atoms with Gasteiger partial charge in [0.15, 0.2) is 0 Å². The number of hydrogen-bond acceptors (Lipinski definition) is 3.